The van der Waals surface area contributed by atoms with Gasteiger partial charge in [-0.1, -0.05) is 23.8 Å². The molecule has 0 amide bonds. The van der Waals surface area contributed by atoms with E-state index in [2.05, 4.69) is 4.72 Å². The summed E-state index contributed by atoms with van der Waals surface area (Å²) >= 11 is 0. The smallest absolute Gasteiger partial charge is 0.261 e. The van der Waals surface area contributed by atoms with Gasteiger partial charge in [0.1, 0.15) is 0 Å². The molecule has 0 aromatic heterocycles. The summed E-state index contributed by atoms with van der Waals surface area (Å²) in [5, 5.41) is 0. The third-order valence-electron chi connectivity index (χ3n) is 3.45. The molecule has 1 N–H and O–H groups in total. The van der Waals surface area contributed by atoms with Crippen LogP contribution in [0.1, 0.15) is 16.7 Å². The first-order valence-corrected chi connectivity index (χ1v) is 7.74. The Morgan fingerprint density at radius 1 is 0.947 bits per heavy atom. The van der Waals surface area contributed by atoms with Crippen LogP contribution in [0.5, 0.6) is 0 Å². The fourth-order valence-corrected chi connectivity index (χ4v) is 3.24. The zero-order valence-corrected chi connectivity index (χ0v) is 11.5. The Hall–Kier alpha value is -1.81. The van der Waals surface area contributed by atoms with Gasteiger partial charge >= 0.3 is 0 Å². The number of fused-ring (bicyclic) bond motifs is 1. The number of benzene rings is 2. The van der Waals surface area contributed by atoms with Crippen molar-refractivity contribution in [2.24, 2.45) is 0 Å². The van der Waals surface area contributed by atoms with Gasteiger partial charge in [0.25, 0.3) is 10.0 Å². The monoisotopic (exact) mass is 273 g/mol. The van der Waals surface area contributed by atoms with E-state index < -0.39 is 10.0 Å². The standard InChI is InChI=1S/C15H15NO2S/c1-11-2-8-15(9-3-11)19(17,18)16-14-7-6-12-4-5-13(12)10-14/h2-3,6-10,16H,4-5H2,1H3. The van der Waals surface area contributed by atoms with E-state index >= 15 is 0 Å². The zero-order chi connectivity index (χ0) is 13.5. The minimum atomic E-state index is -3.49. The van der Waals surface area contributed by atoms with E-state index in [1.807, 2.05) is 25.1 Å². The molecule has 4 heteroatoms. The van der Waals surface area contributed by atoms with Crippen molar-refractivity contribution in [3.63, 3.8) is 0 Å². The number of sulfonamides is 1. The first kappa shape index (κ1) is 12.2. The first-order chi connectivity index (χ1) is 9.04. The molecule has 0 aliphatic heterocycles. The zero-order valence-electron chi connectivity index (χ0n) is 10.7. The minimum absolute atomic E-state index is 0.292. The van der Waals surface area contributed by atoms with Gasteiger partial charge in [-0.2, -0.15) is 0 Å². The Kier molecular flexibility index (Phi) is 2.82. The van der Waals surface area contributed by atoms with E-state index in [1.165, 1.54) is 11.1 Å². The number of rotatable bonds is 3. The molecule has 0 saturated carbocycles. The van der Waals surface area contributed by atoms with Crippen molar-refractivity contribution < 1.29 is 8.42 Å². The minimum Gasteiger partial charge on any atom is -0.280 e. The molecule has 0 heterocycles. The normalized spacial score (nSPS) is 13.5. The van der Waals surface area contributed by atoms with Gasteiger partial charge in [0.05, 0.1) is 4.90 Å². The largest absolute Gasteiger partial charge is 0.280 e. The summed E-state index contributed by atoms with van der Waals surface area (Å²) in [5.41, 5.74) is 4.24. The summed E-state index contributed by atoms with van der Waals surface area (Å²) in [6, 6.07) is 12.6. The maximum absolute atomic E-state index is 12.2. The van der Waals surface area contributed by atoms with Crippen molar-refractivity contribution in [2.45, 2.75) is 24.7 Å². The summed E-state index contributed by atoms with van der Waals surface area (Å²) in [6.45, 7) is 1.93. The van der Waals surface area contributed by atoms with Gasteiger partial charge in [-0.25, -0.2) is 8.42 Å². The van der Waals surface area contributed by atoms with Crippen molar-refractivity contribution in [2.75, 3.05) is 4.72 Å². The van der Waals surface area contributed by atoms with Gasteiger partial charge in [-0.3, -0.25) is 4.72 Å². The van der Waals surface area contributed by atoms with Crippen LogP contribution in [0.3, 0.4) is 0 Å². The van der Waals surface area contributed by atoms with Crippen LogP contribution in [0.15, 0.2) is 47.4 Å². The van der Waals surface area contributed by atoms with Crippen LogP contribution in [0.25, 0.3) is 0 Å². The predicted molar refractivity (Wildman–Crippen MR) is 75.8 cm³/mol. The van der Waals surface area contributed by atoms with Crippen LogP contribution in [0.2, 0.25) is 0 Å². The van der Waals surface area contributed by atoms with Gasteiger partial charge in [0.2, 0.25) is 0 Å². The molecule has 0 spiro atoms. The summed E-state index contributed by atoms with van der Waals surface area (Å²) in [4.78, 5) is 0.292. The van der Waals surface area contributed by atoms with Crippen LogP contribution >= 0.6 is 0 Å². The van der Waals surface area contributed by atoms with E-state index in [0.29, 0.717) is 10.6 Å². The number of nitrogens with one attached hydrogen (secondary N) is 1. The van der Waals surface area contributed by atoms with Crippen molar-refractivity contribution in [3.8, 4) is 0 Å². The lowest BCUT2D eigenvalue weighted by Crippen LogP contribution is -2.15. The molecule has 1 aliphatic rings. The van der Waals surface area contributed by atoms with E-state index in [0.717, 1.165) is 18.4 Å². The third kappa shape index (κ3) is 2.36. The van der Waals surface area contributed by atoms with Gasteiger partial charge < -0.3 is 0 Å². The molecule has 0 atom stereocenters. The van der Waals surface area contributed by atoms with Gasteiger partial charge in [-0.15, -0.1) is 0 Å². The molecule has 98 valence electrons. The molecule has 0 fully saturated rings. The molecule has 1 aliphatic carbocycles. The maximum Gasteiger partial charge on any atom is 0.261 e. The third-order valence-corrected chi connectivity index (χ3v) is 4.85. The summed E-state index contributed by atoms with van der Waals surface area (Å²) in [7, 11) is -3.49. The fourth-order valence-electron chi connectivity index (χ4n) is 2.19. The average Bonchev–Trinajstić information content (AvgIpc) is 2.33. The van der Waals surface area contributed by atoms with Crippen molar-refractivity contribution in [1.82, 2.24) is 0 Å². The van der Waals surface area contributed by atoms with Crippen LogP contribution in [-0.2, 0) is 22.9 Å². The fraction of sp³-hybridized carbons (Fsp3) is 0.200. The first-order valence-electron chi connectivity index (χ1n) is 6.26. The molecule has 0 saturated heterocycles. The lowest BCUT2D eigenvalue weighted by atomic mass is 9.88. The van der Waals surface area contributed by atoms with Gasteiger partial charge in [0, 0.05) is 5.69 Å². The molecular weight excluding hydrogens is 258 g/mol. The Labute approximate surface area is 113 Å². The number of anilines is 1. The van der Waals surface area contributed by atoms with Crippen molar-refractivity contribution in [1.29, 1.82) is 0 Å². The summed E-state index contributed by atoms with van der Waals surface area (Å²) < 4.78 is 27.1. The molecule has 19 heavy (non-hydrogen) atoms. The van der Waals surface area contributed by atoms with E-state index in [4.69, 9.17) is 0 Å². The molecular formula is C15H15NO2S. The second-order valence-electron chi connectivity index (χ2n) is 4.90. The average molecular weight is 273 g/mol. The summed E-state index contributed by atoms with van der Waals surface area (Å²) in [5.74, 6) is 0. The van der Waals surface area contributed by atoms with Crippen molar-refractivity contribution in [3.05, 3.63) is 59.2 Å². The topological polar surface area (TPSA) is 46.2 Å². The SMILES string of the molecule is Cc1ccc(S(=O)(=O)Nc2ccc3c(c2)CC3)cc1. The van der Waals surface area contributed by atoms with Crippen LogP contribution in [-0.4, -0.2) is 8.42 Å². The second-order valence-corrected chi connectivity index (χ2v) is 6.58. The Morgan fingerprint density at radius 2 is 1.63 bits per heavy atom. The highest BCUT2D eigenvalue weighted by Crippen LogP contribution is 2.27. The van der Waals surface area contributed by atoms with Crippen LogP contribution < -0.4 is 4.72 Å². The molecule has 3 nitrogen and oxygen atoms in total. The highest BCUT2D eigenvalue weighted by atomic mass is 32.2. The Bertz CT molecular complexity index is 718. The lowest BCUT2D eigenvalue weighted by Gasteiger charge is -2.19. The Morgan fingerprint density at radius 3 is 2.21 bits per heavy atom. The van der Waals surface area contributed by atoms with E-state index in [-0.39, 0.29) is 0 Å². The lowest BCUT2D eigenvalue weighted by molar-refractivity contribution is 0.601. The highest BCUT2D eigenvalue weighted by Gasteiger charge is 2.17. The van der Waals surface area contributed by atoms with Crippen LogP contribution in [0.4, 0.5) is 5.69 Å². The molecule has 2 aromatic carbocycles. The van der Waals surface area contributed by atoms with Crippen LogP contribution in [0, 0.1) is 6.92 Å². The molecule has 3 rings (SSSR count). The molecule has 2 aromatic rings. The quantitative estimate of drug-likeness (QED) is 0.934. The maximum atomic E-state index is 12.2. The van der Waals surface area contributed by atoms with E-state index in [9.17, 15) is 8.42 Å². The number of hydrogen-bond donors (Lipinski definition) is 1. The van der Waals surface area contributed by atoms with Gasteiger partial charge in [-0.05, 0) is 55.2 Å². The highest BCUT2D eigenvalue weighted by molar-refractivity contribution is 7.92. The molecule has 0 bridgehead atoms. The second kappa shape index (κ2) is 4.38. The molecule has 0 radical (unpaired) electrons. The Balaban J connectivity index is 1.88. The van der Waals surface area contributed by atoms with E-state index in [1.54, 1.807) is 24.3 Å². The number of aryl methyl sites for hydroxylation is 3. The number of hydrogen-bond acceptors (Lipinski definition) is 2. The van der Waals surface area contributed by atoms with Gasteiger partial charge in [0.15, 0.2) is 0 Å². The van der Waals surface area contributed by atoms with Crippen molar-refractivity contribution >= 4 is 15.7 Å². The summed E-state index contributed by atoms with van der Waals surface area (Å²) in [6.07, 6.45) is 2.13. The predicted octanol–water partition coefficient (Wildman–Crippen LogP) is 2.89. The molecule has 0 unspecified atom stereocenters.